The van der Waals surface area contributed by atoms with E-state index in [1.165, 1.54) is 0 Å². The molecule has 4 aromatic rings. The van der Waals surface area contributed by atoms with Crippen molar-refractivity contribution in [2.45, 2.75) is 6.92 Å². The summed E-state index contributed by atoms with van der Waals surface area (Å²) >= 11 is 0. The number of nitrogens with one attached hydrogen (secondary N) is 3. The quantitative estimate of drug-likeness (QED) is 0.374. The molecule has 0 radical (unpaired) electrons. The normalized spacial score (nSPS) is 11.5. The van der Waals surface area contributed by atoms with Crippen LogP contribution in [0.2, 0.25) is 0 Å². The minimum atomic E-state index is -3.36. The van der Waals surface area contributed by atoms with Crippen molar-refractivity contribution < 1.29 is 13.2 Å². The summed E-state index contributed by atoms with van der Waals surface area (Å²) in [5.41, 5.74) is 5.69. The molecule has 31 heavy (non-hydrogen) atoms. The van der Waals surface area contributed by atoms with Crippen LogP contribution >= 0.6 is 0 Å². The molecule has 0 atom stereocenters. The van der Waals surface area contributed by atoms with E-state index >= 15 is 0 Å². The first kappa shape index (κ1) is 20.7. The monoisotopic (exact) mass is 436 g/mol. The molecule has 1 aromatic heterocycles. The van der Waals surface area contributed by atoms with Gasteiger partial charge in [0.05, 0.1) is 41.6 Å². The van der Waals surface area contributed by atoms with Gasteiger partial charge in [-0.15, -0.1) is 0 Å². The number of fused-ring (bicyclic) bond motifs is 2. The summed E-state index contributed by atoms with van der Waals surface area (Å²) < 4.78 is 31.2. The lowest BCUT2D eigenvalue weighted by Crippen LogP contribution is -2.10. The number of pyridine rings is 1. The van der Waals surface area contributed by atoms with E-state index in [4.69, 9.17) is 9.72 Å². The standard InChI is InChI=1S/C23H24N4O3S/c1-14-8-10-16-19(12-14)26-23-17(6-5-7-21(23)30-3)22(16)25-18-11-9-15(13-20(18)24-2)27-31(4,28)29/h5-13,24,27H,1-4H3,(H,25,26). The maximum absolute atomic E-state index is 11.6. The molecule has 160 valence electrons. The van der Waals surface area contributed by atoms with E-state index in [9.17, 15) is 8.42 Å². The molecule has 0 amide bonds. The third-order valence-corrected chi connectivity index (χ3v) is 5.60. The van der Waals surface area contributed by atoms with Gasteiger partial charge in [0, 0.05) is 17.8 Å². The summed E-state index contributed by atoms with van der Waals surface area (Å²) in [6, 6.07) is 17.3. The van der Waals surface area contributed by atoms with Crippen molar-refractivity contribution in [3.63, 3.8) is 0 Å². The van der Waals surface area contributed by atoms with Crippen molar-refractivity contribution in [3.05, 3.63) is 60.2 Å². The number of hydrogen-bond acceptors (Lipinski definition) is 6. The number of anilines is 4. The molecule has 0 fully saturated rings. The third-order valence-electron chi connectivity index (χ3n) is 4.99. The van der Waals surface area contributed by atoms with Crippen LogP contribution in [-0.2, 0) is 10.0 Å². The Bertz CT molecular complexity index is 1400. The van der Waals surface area contributed by atoms with E-state index in [2.05, 4.69) is 27.5 Å². The molecule has 7 nitrogen and oxygen atoms in total. The number of benzene rings is 3. The van der Waals surface area contributed by atoms with Crippen LogP contribution in [0.3, 0.4) is 0 Å². The maximum atomic E-state index is 11.6. The van der Waals surface area contributed by atoms with Gasteiger partial charge in [0.2, 0.25) is 10.0 Å². The van der Waals surface area contributed by atoms with Gasteiger partial charge in [-0.1, -0.05) is 24.3 Å². The zero-order valence-corrected chi connectivity index (χ0v) is 18.6. The molecule has 0 aliphatic rings. The number of aryl methyl sites for hydroxylation is 1. The number of ether oxygens (including phenoxy) is 1. The Kier molecular flexibility index (Phi) is 5.32. The summed E-state index contributed by atoms with van der Waals surface area (Å²) in [4.78, 5) is 4.85. The number of aromatic nitrogens is 1. The zero-order valence-electron chi connectivity index (χ0n) is 17.8. The lowest BCUT2D eigenvalue weighted by molar-refractivity contribution is 0.419. The van der Waals surface area contributed by atoms with Crippen LogP contribution in [0.5, 0.6) is 5.75 Å². The van der Waals surface area contributed by atoms with Crippen molar-refractivity contribution in [3.8, 4) is 5.75 Å². The van der Waals surface area contributed by atoms with E-state index in [0.29, 0.717) is 11.4 Å². The van der Waals surface area contributed by atoms with Crippen molar-refractivity contribution in [1.82, 2.24) is 4.98 Å². The number of para-hydroxylation sites is 1. The van der Waals surface area contributed by atoms with Crippen LogP contribution in [0.25, 0.3) is 21.8 Å². The second-order valence-electron chi connectivity index (χ2n) is 7.37. The van der Waals surface area contributed by atoms with Gasteiger partial charge in [-0.25, -0.2) is 13.4 Å². The third kappa shape index (κ3) is 4.20. The van der Waals surface area contributed by atoms with Gasteiger partial charge in [-0.2, -0.15) is 0 Å². The average molecular weight is 437 g/mol. The molecule has 0 bridgehead atoms. The highest BCUT2D eigenvalue weighted by atomic mass is 32.2. The van der Waals surface area contributed by atoms with E-state index < -0.39 is 10.0 Å². The zero-order chi connectivity index (χ0) is 22.2. The van der Waals surface area contributed by atoms with Gasteiger partial charge in [-0.05, 0) is 42.8 Å². The first-order chi connectivity index (χ1) is 14.8. The molecule has 3 N–H and O–H groups in total. The van der Waals surface area contributed by atoms with Gasteiger partial charge < -0.3 is 15.4 Å². The van der Waals surface area contributed by atoms with Crippen LogP contribution in [0.4, 0.5) is 22.7 Å². The summed E-state index contributed by atoms with van der Waals surface area (Å²) in [5, 5.41) is 8.57. The molecule has 1 heterocycles. The second kappa shape index (κ2) is 7.96. The number of hydrogen-bond donors (Lipinski definition) is 3. The van der Waals surface area contributed by atoms with Crippen molar-refractivity contribution >= 4 is 54.6 Å². The smallest absolute Gasteiger partial charge is 0.229 e. The number of sulfonamides is 1. The first-order valence-corrected chi connectivity index (χ1v) is 11.6. The van der Waals surface area contributed by atoms with Gasteiger partial charge in [0.25, 0.3) is 0 Å². The van der Waals surface area contributed by atoms with E-state index in [-0.39, 0.29) is 0 Å². The fraction of sp³-hybridized carbons (Fsp3) is 0.174. The Morgan fingerprint density at radius 2 is 1.77 bits per heavy atom. The summed E-state index contributed by atoms with van der Waals surface area (Å²) in [7, 11) is 0.0634. The number of nitrogens with zero attached hydrogens (tertiary/aromatic N) is 1. The van der Waals surface area contributed by atoms with E-state index in [1.54, 1.807) is 26.3 Å². The van der Waals surface area contributed by atoms with Gasteiger partial charge in [0.15, 0.2) is 0 Å². The van der Waals surface area contributed by atoms with Gasteiger partial charge in [-0.3, -0.25) is 4.72 Å². The molecule has 0 saturated heterocycles. The SMILES string of the molecule is CNc1cc(NS(C)(=O)=O)ccc1Nc1c2ccc(C)cc2nc2c(OC)cccc12. The van der Waals surface area contributed by atoms with Crippen LogP contribution in [0, 0.1) is 6.92 Å². The Morgan fingerprint density at radius 1 is 0.968 bits per heavy atom. The fourth-order valence-corrected chi connectivity index (χ4v) is 4.18. The molecule has 0 aliphatic heterocycles. The Morgan fingerprint density at radius 3 is 2.48 bits per heavy atom. The van der Waals surface area contributed by atoms with Gasteiger partial charge >= 0.3 is 0 Å². The van der Waals surface area contributed by atoms with Crippen LogP contribution in [-0.4, -0.2) is 33.8 Å². The minimum absolute atomic E-state index is 0.485. The van der Waals surface area contributed by atoms with Gasteiger partial charge in [0.1, 0.15) is 11.3 Å². The lowest BCUT2D eigenvalue weighted by Gasteiger charge is -2.18. The first-order valence-electron chi connectivity index (χ1n) is 9.73. The second-order valence-corrected chi connectivity index (χ2v) is 9.12. The highest BCUT2D eigenvalue weighted by Crippen LogP contribution is 2.38. The Balaban J connectivity index is 1.91. The molecule has 0 saturated carbocycles. The van der Waals surface area contributed by atoms with Crippen molar-refractivity contribution in [2.24, 2.45) is 0 Å². The Hall–Kier alpha value is -3.52. The molecule has 3 aromatic carbocycles. The molecular formula is C23H24N4O3S. The summed E-state index contributed by atoms with van der Waals surface area (Å²) in [6.07, 6.45) is 1.13. The average Bonchev–Trinajstić information content (AvgIpc) is 2.72. The topological polar surface area (TPSA) is 92.3 Å². The van der Waals surface area contributed by atoms with Crippen LogP contribution in [0.15, 0.2) is 54.6 Å². The molecule has 0 aliphatic carbocycles. The lowest BCUT2D eigenvalue weighted by atomic mass is 10.0. The minimum Gasteiger partial charge on any atom is -0.494 e. The van der Waals surface area contributed by atoms with E-state index in [0.717, 1.165) is 50.7 Å². The predicted molar refractivity (Wildman–Crippen MR) is 128 cm³/mol. The number of methoxy groups -OCH3 is 1. The molecular weight excluding hydrogens is 412 g/mol. The Labute approximate surface area is 181 Å². The molecule has 0 spiro atoms. The highest BCUT2D eigenvalue weighted by molar-refractivity contribution is 7.92. The molecule has 0 unspecified atom stereocenters. The van der Waals surface area contributed by atoms with Crippen molar-refractivity contribution in [1.29, 1.82) is 0 Å². The van der Waals surface area contributed by atoms with Crippen LogP contribution in [0.1, 0.15) is 5.56 Å². The van der Waals surface area contributed by atoms with E-state index in [1.807, 2.05) is 37.3 Å². The fourth-order valence-electron chi connectivity index (χ4n) is 3.62. The largest absolute Gasteiger partial charge is 0.494 e. The molecule has 4 rings (SSSR count). The van der Waals surface area contributed by atoms with Crippen molar-refractivity contribution in [2.75, 3.05) is 35.8 Å². The summed E-state index contributed by atoms with van der Waals surface area (Å²) in [5.74, 6) is 0.700. The number of rotatable bonds is 6. The maximum Gasteiger partial charge on any atom is 0.229 e. The highest BCUT2D eigenvalue weighted by Gasteiger charge is 2.15. The predicted octanol–water partition coefficient (Wildman–Crippen LogP) is 4.86. The molecule has 8 heteroatoms. The summed E-state index contributed by atoms with van der Waals surface area (Å²) in [6.45, 7) is 2.03. The van der Waals surface area contributed by atoms with Crippen LogP contribution < -0.4 is 20.1 Å².